The van der Waals surface area contributed by atoms with Gasteiger partial charge in [0.15, 0.2) is 0 Å². The lowest BCUT2D eigenvalue weighted by Gasteiger charge is -2.11. The lowest BCUT2D eigenvalue weighted by molar-refractivity contribution is 0.556. The Morgan fingerprint density at radius 2 is 1.45 bits per heavy atom. The number of allylic oxidation sites excluding steroid dienone is 3. The number of hydrogen-bond donors (Lipinski definition) is 0. The molecule has 1 aromatic heterocycles. The molecule has 0 unspecified atom stereocenters. The molecule has 0 amide bonds. The molecule has 4 aromatic rings. The highest BCUT2D eigenvalue weighted by molar-refractivity contribution is 6.34. The summed E-state index contributed by atoms with van der Waals surface area (Å²) >= 11 is 0. The fourth-order valence-electron chi connectivity index (χ4n) is 4.77. The predicted octanol–water partition coefficient (Wildman–Crippen LogP) is 6.15. The summed E-state index contributed by atoms with van der Waals surface area (Å²) in [5.41, 5.74) is 8.53. The summed E-state index contributed by atoms with van der Waals surface area (Å²) in [6.45, 7) is 2.01. The van der Waals surface area contributed by atoms with Gasteiger partial charge in [0.1, 0.15) is 11.4 Å². The summed E-state index contributed by atoms with van der Waals surface area (Å²) in [5, 5.41) is 0.636. The minimum atomic E-state index is -0.385. The van der Waals surface area contributed by atoms with Crippen LogP contribution >= 0.6 is 0 Å². The molecule has 2 aliphatic carbocycles. The van der Waals surface area contributed by atoms with Gasteiger partial charge in [0.25, 0.3) is 0 Å². The first-order valence-corrected chi connectivity index (χ1v) is 9.53. The molecule has 0 atom stereocenters. The number of fused-ring (bicyclic) bond motifs is 7. The van der Waals surface area contributed by atoms with Crippen LogP contribution in [0.1, 0.15) is 34.7 Å². The van der Waals surface area contributed by atoms with E-state index in [0.29, 0.717) is 16.5 Å². The Balaban J connectivity index is 1.83. The first kappa shape index (κ1) is 16.3. The summed E-state index contributed by atoms with van der Waals surface area (Å²) < 4.78 is 19.7. The van der Waals surface area contributed by atoms with Crippen LogP contribution in [0.15, 0.2) is 82.0 Å². The standard InChI is InChI=1S/C26H15FO2/c1-14-21-17-9-5-6-10-18(17)23(15-7-3-2-4-8-15)24(21)25-22(14)19-13-16(27)11-12-20(19)29-26(25)28/h2-13H,1H3. The third kappa shape index (κ3) is 2.07. The summed E-state index contributed by atoms with van der Waals surface area (Å²) in [7, 11) is 0. The van der Waals surface area contributed by atoms with Gasteiger partial charge in [-0.05, 0) is 58.5 Å². The predicted molar refractivity (Wildman–Crippen MR) is 114 cm³/mol. The molecule has 0 aliphatic heterocycles. The van der Waals surface area contributed by atoms with E-state index in [9.17, 15) is 9.18 Å². The lowest BCUT2D eigenvalue weighted by atomic mass is 9.93. The Bertz CT molecular complexity index is 1470. The SMILES string of the molecule is CC1=C2C(=C(c3ccccc3)c3ccccc32)c2c1c1cc(F)ccc1oc2=O. The maximum absolute atomic E-state index is 14.1. The van der Waals surface area contributed by atoms with Crippen LogP contribution in [-0.4, -0.2) is 0 Å². The minimum absolute atomic E-state index is 0.346. The van der Waals surface area contributed by atoms with Gasteiger partial charge in [-0.2, -0.15) is 0 Å². The average Bonchev–Trinajstić information content (AvgIpc) is 3.23. The van der Waals surface area contributed by atoms with E-state index in [2.05, 4.69) is 24.3 Å². The number of benzene rings is 3. The van der Waals surface area contributed by atoms with Crippen molar-refractivity contribution in [2.45, 2.75) is 6.92 Å². The summed E-state index contributed by atoms with van der Waals surface area (Å²) in [6.07, 6.45) is 0. The van der Waals surface area contributed by atoms with Crippen LogP contribution in [0.4, 0.5) is 4.39 Å². The van der Waals surface area contributed by atoms with Crippen LogP contribution in [0.2, 0.25) is 0 Å². The summed E-state index contributed by atoms with van der Waals surface area (Å²) in [4.78, 5) is 13.1. The Hall–Kier alpha value is -3.72. The van der Waals surface area contributed by atoms with Gasteiger partial charge in [-0.25, -0.2) is 9.18 Å². The second-order valence-electron chi connectivity index (χ2n) is 7.44. The van der Waals surface area contributed by atoms with Gasteiger partial charge in [0, 0.05) is 16.5 Å². The van der Waals surface area contributed by atoms with Crippen LogP contribution in [0.5, 0.6) is 0 Å². The Kier molecular flexibility index (Phi) is 3.16. The zero-order valence-electron chi connectivity index (χ0n) is 15.6. The molecule has 0 fully saturated rings. The second-order valence-corrected chi connectivity index (χ2v) is 7.44. The fraction of sp³-hybridized carbons (Fsp3) is 0.0385. The third-order valence-corrected chi connectivity index (χ3v) is 5.90. The third-order valence-electron chi connectivity index (χ3n) is 5.90. The van der Waals surface area contributed by atoms with Crippen molar-refractivity contribution in [2.24, 2.45) is 0 Å². The fourth-order valence-corrected chi connectivity index (χ4v) is 4.77. The molecule has 0 saturated carbocycles. The van der Waals surface area contributed by atoms with Crippen molar-refractivity contribution in [1.29, 1.82) is 0 Å². The Labute approximate surface area is 166 Å². The van der Waals surface area contributed by atoms with Gasteiger partial charge in [0.05, 0.1) is 5.56 Å². The van der Waals surface area contributed by atoms with Crippen LogP contribution in [0, 0.1) is 5.82 Å². The average molecular weight is 378 g/mol. The molecule has 138 valence electrons. The quantitative estimate of drug-likeness (QED) is 0.372. The van der Waals surface area contributed by atoms with E-state index in [4.69, 9.17) is 4.42 Å². The smallest absolute Gasteiger partial charge is 0.344 e. The molecule has 2 nitrogen and oxygen atoms in total. The van der Waals surface area contributed by atoms with E-state index < -0.39 is 0 Å². The molecule has 6 rings (SSSR count). The number of halogens is 1. The molecular formula is C26H15FO2. The molecule has 0 radical (unpaired) electrons. The van der Waals surface area contributed by atoms with Crippen molar-refractivity contribution >= 4 is 33.3 Å². The first-order valence-electron chi connectivity index (χ1n) is 9.53. The number of rotatable bonds is 1. The highest BCUT2D eigenvalue weighted by Crippen LogP contribution is 2.56. The van der Waals surface area contributed by atoms with E-state index in [0.717, 1.165) is 44.5 Å². The topological polar surface area (TPSA) is 30.2 Å². The molecule has 29 heavy (non-hydrogen) atoms. The minimum Gasteiger partial charge on any atom is -0.422 e. The van der Waals surface area contributed by atoms with Crippen molar-refractivity contribution in [3.05, 3.63) is 117 Å². The Morgan fingerprint density at radius 3 is 2.21 bits per heavy atom. The molecule has 0 N–H and O–H groups in total. The van der Waals surface area contributed by atoms with Gasteiger partial charge in [0.2, 0.25) is 0 Å². The molecule has 0 saturated heterocycles. The van der Waals surface area contributed by atoms with E-state index in [-0.39, 0.29) is 11.4 Å². The molecule has 0 spiro atoms. The van der Waals surface area contributed by atoms with Crippen molar-refractivity contribution in [3.63, 3.8) is 0 Å². The molecule has 3 aromatic carbocycles. The largest absolute Gasteiger partial charge is 0.422 e. The summed E-state index contributed by atoms with van der Waals surface area (Å²) in [6, 6.07) is 22.6. The number of hydrogen-bond acceptors (Lipinski definition) is 2. The van der Waals surface area contributed by atoms with E-state index in [1.165, 1.54) is 18.2 Å². The van der Waals surface area contributed by atoms with Crippen molar-refractivity contribution in [3.8, 4) is 0 Å². The molecule has 1 heterocycles. The zero-order valence-corrected chi connectivity index (χ0v) is 15.6. The first-order chi connectivity index (χ1) is 14.1. The maximum atomic E-state index is 14.1. The van der Waals surface area contributed by atoms with Crippen molar-refractivity contribution in [1.82, 2.24) is 0 Å². The second kappa shape index (κ2) is 5.65. The maximum Gasteiger partial charge on any atom is 0.344 e. The van der Waals surface area contributed by atoms with Gasteiger partial charge in [-0.3, -0.25) is 0 Å². The van der Waals surface area contributed by atoms with Gasteiger partial charge < -0.3 is 4.42 Å². The van der Waals surface area contributed by atoms with Crippen LogP contribution in [-0.2, 0) is 0 Å². The van der Waals surface area contributed by atoms with Crippen LogP contribution in [0.3, 0.4) is 0 Å². The summed E-state index contributed by atoms with van der Waals surface area (Å²) in [5.74, 6) is -0.346. The molecule has 3 heteroatoms. The van der Waals surface area contributed by atoms with Crippen molar-refractivity contribution < 1.29 is 8.81 Å². The zero-order chi connectivity index (χ0) is 19.7. The molecule has 0 bridgehead atoms. The molecular weight excluding hydrogens is 363 g/mol. The normalized spacial score (nSPS) is 14.4. The molecule has 2 aliphatic rings. The van der Waals surface area contributed by atoms with Crippen LogP contribution in [0.25, 0.3) is 33.3 Å². The highest BCUT2D eigenvalue weighted by Gasteiger charge is 2.38. The van der Waals surface area contributed by atoms with Gasteiger partial charge >= 0.3 is 5.63 Å². The van der Waals surface area contributed by atoms with E-state index >= 15 is 0 Å². The van der Waals surface area contributed by atoms with E-state index in [1.54, 1.807) is 0 Å². The lowest BCUT2D eigenvalue weighted by Crippen LogP contribution is -2.08. The van der Waals surface area contributed by atoms with E-state index in [1.807, 2.05) is 37.3 Å². The highest BCUT2D eigenvalue weighted by atomic mass is 19.1. The van der Waals surface area contributed by atoms with Crippen LogP contribution < -0.4 is 5.63 Å². The van der Waals surface area contributed by atoms with Gasteiger partial charge in [-0.15, -0.1) is 0 Å². The van der Waals surface area contributed by atoms with Crippen molar-refractivity contribution in [2.75, 3.05) is 0 Å². The van der Waals surface area contributed by atoms with Gasteiger partial charge in [-0.1, -0.05) is 54.6 Å². The monoisotopic (exact) mass is 378 g/mol. The Morgan fingerprint density at radius 1 is 0.759 bits per heavy atom.